The number of nitrogens with two attached hydrogens (primary N) is 1. The summed E-state index contributed by atoms with van der Waals surface area (Å²) in [7, 11) is 0. The fourth-order valence-electron chi connectivity index (χ4n) is 7.41. The Kier molecular flexibility index (Phi) is 4.03. The lowest BCUT2D eigenvalue weighted by Gasteiger charge is -2.51. The van der Waals surface area contributed by atoms with Gasteiger partial charge in [-0.15, -0.1) is 0 Å². The molecule has 3 unspecified atom stereocenters. The van der Waals surface area contributed by atoms with E-state index in [0.29, 0.717) is 11.3 Å². The summed E-state index contributed by atoms with van der Waals surface area (Å²) in [5.41, 5.74) is 7.56. The van der Waals surface area contributed by atoms with Crippen molar-refractivity contribution in [3.63, 3.8) is 0 Å². The van der Waals surface area contributed by atoms with Crippen molar-refractivity contribution in [3.05, 3.63) is 12.3 Å². The predicted octanol–water partition coefficient (Wildman–Crippen LogP) is 4.27. The Morgan fingerprint density at radius 3 is 2.09 bits per heavy atom. The van der Waals surface area contributed by atoms with Gasteiger partial charge in [0.05, 0.1) is 0 Å². The molecule has 4 aliphatic rings. The first-order valence-corrected chi connectivity index (χ1v) is 10.1. The van der Waals surface area contributed by atoms with Gasteiger partial charge in [-0.25, -0.2) is 0 Å². The largest absolute Gasteiger partial charge is 0.402 e. The molecule has 3 saturated carbocycles. The van der Waals surface area contributed by atoms with E-state index in [9.17, 15) is 0 Å². The Morgan fingerprint density at radius 1 is 1.00 bits per heavy atom. The molecule has 0 amide bonds. The Morgan fingerprint density at radius 2 is 1.57 bits per heavy atom. The first-order chi connectivity index (χ1) is 10.9. The molecule has 2 bridgehead atoms. The highest BCUT2D eigenvalue weighted by Crippen LogP contribution is 2.54. The van der Waals surface area contributed by atoms with Crippen LogP contribution in [0.4, 0.5) is 0 Å². The molecule has 2 heteroatoms. The third kappa shape index (κ3) is 3.08. The molecule has 0 spiro atoms. The summed E-state index contributed by atoms with van der Waals surface area (Å²) in [6.45, 7) is 13.1. The highest BCUT2D eigenvalue weighted by atomic mass is 15.2. The van der Waals surface area contributed by atoms with Crippen LogP contribution in [0.5, 0.6) is 0 Å². The summed E-state index contributed by atoms with van der Waals surface area (Å²) in [5, 5.41) is 0. The predicted molar refractivity (Wildman–Crippen MR) is 96.8 cm³/mol. The van der Waals surface area contributed by atoms with Crippen LogP contribution < -0.4 is 5.73 Å². The Labute approximate surface area is 142 Å². The Balaban J connectivity index is 1.40. The summed E-state index contributed by atoms with van der Waals surface area (Å²) in [6.07, 6.45) is 10.1. The molecule has 5 atom stereocenters. The second kappa shape index (κ2) is 5.79. The number of allylic oxidation sites excluding steroid dienone is 1. The first-order valence-electron chi connectivity index (χ1n) is 10.1. The SMILES string of the molecule is C=C(N)C1C[C@@H]2CN(CC34CC(C)CC(CC(C)C3)C4)C[C@@H]2C1. The molecule has 1 heterocycles. The Bertz CT molecular complexity index is 437. The fourth-order valence-corrected chi connectivity index (χ4v) is 7.41. The van der Waals surface area contributed by atoms with E-state index in [4.69, 9.17) is 5.73 Å². The average molecular weight is 317 g/mol. The highest BCUT2D eigenvalue weighted by molar-refractivity contribution is 5.05. The zero-order valence-corrected chi connectivity index (χ0v) is 15.3. The number of likely N-dealkylation sites (tertiary alicyclic amines) is 1. The molecule has 2 nitrogen and oxygen atoms in total. The molecule has 23 heavy (non-hydrogen) atoms. The van der Waals surface area contributed by atoms with Crippen LogP contribution >= 0.6 is 0 Å². The van der Waals surface area contributed by atoms with Gasteiger partial charge in [-0.3, -0.25) is 0 Å². The van der Waals surface area contributed by atoms with E-state index < -0.39 is 0 Å². The number of rotatable bonds is 3. The summed E-state index contributed by atoms with van der Waals surface area (Å²) >= 11 is 0. The van der Waals surface area contributed by atoms with Crippen LogP contribution in [-0.2, 0) is 0 Å². The molecule has 1 saturated heterocycles. The molecular formula is C21H36N2. The topological polar surface area (TPSA) is 29.3 Å². The zero-order valence-electron chi connectivity index (χ0n) is 15.3. The lowest BCUT2D eigenvalue weighted by molar-refractivity contribution is -0.00660. The lowest BCUT2D eigenvalue weighted by atomic mass is 9.56. The van der Waals surface area contributed by atoms with E-state index in [1.54, 1.807) is 0 Å². The molecule has 2 N–H and O–H groups in total. The second-order valence-electron chi connectivity index (χ2n) is 10.1. The number of nitrogens with zero attached hydrogens (tertiary/aromatic N) is 1. The minimum atomic E-state index is 0.610. The van der Waals surface area contributed by atoms with Crippen LogP contribution in [0.1, 0.15) is 58.8 Å². The maximum atomic E-state index is 5.97. The van der Waals surface area contributed by atoms with Gasteiger partial charge in [-0.1, -0.05) is 20.4 Å². The summed E-state index contributed by atoms with van der Waals surface area (Å²) in [5.74, 6) is 5.33. The van der Waals surface area contributed by atoms with Crippen LogP contribution in [0.3, 0.4) is 0 Å². The summed E-state index contributed by atoms with van der Waals surface area (Å²) in [4.78, 5) is 2.85. The molecular weight excluding hydrogens is 280 g/mol. The summed E-state index contributed by atoms with van der Waals surface area (Å²) in [6, 6.07) is 0. The molecule has 0 aromatic rings. The molecule has 4 rings (SSSR count). The molecule has 1 aliphatic heterocycles. The number of hydrogen-bond donors (Lipinski definition) is 1. The van der Waals surface area contributed by atoms with Crippen molar-refractivity contribution >= 4 is 0 Å². The van der Waals surface area contributed by atoms with Crippen molar-refractivity contribution in [2.75, 3.05) is 19.6 Å². The normalized spacial score (nSPS) is 50.0. The number of fused-ring (bicyclic) bond motifs is 3. The Hall–Kier alpha value is -0.500. The van der Waals surface area contributed by atoms with E-state index in [0.717, 1.165) is 35.3 Å². The van der Waals surface area contributed by atoms with Crippen molar-refractivity contribution in [2.24, 2.45) is 46.7 Å². The summed E-state index contributed by atoms with van der Waals surface area (Å²) < 4.78 is 0. The van der Waals surface area contributed by atoms with Gasteiger partial charge in [0, 0.05) is 25.3 Å². The van der Waals surface area contributed by atoms with Gasteiger partial charge in [0.15, 0.2) is 0 Å². The molecule has 0 aromatic heterocycles. The van der Waals surface area contributed by atoms with E-state index in [1.807, 2.05) is 0 Å². The van der Waals surface area contributed by atoms with Crippen LogP contribution in [-0.4, -0.2) is 24.5 Å². The minimum absolute atomic E-state index is 0.610. The van der Waals surface area contributed by atoms with Gasteiger partial charge in [0.2, 0.25) is 0 Å². The van der Waals surface area contributed by atoms with Crippen molar-refractivity contribution in [1.29, 1.82) is 0 Å². The number of hydrogen-bond acceptors (Lipinski definition) is 2. The van der Waals surface area contributed by atoms with Gasteiger partial charge in [0.25, 0.3) is 0 Å². The third-order valence-electron chi connectivity index (χ3n) is 7.67. The van der Waals surface area contributed by atoms with Crippen LogP contribution in [0.2, 0.25) is 0 Å². The monoisotopic (exact) mass is 316 g/mol. The molecule has 0 radical (unpaired) electrons. The van der Waals surface area contributed by atoms with Gasteiger partial charge < -0.3 is 10.6 Å². The fraction of sp³-hybridized carbons (Fsp3) is 0.905. The quantitative estimate of drug-likeness (QED) is 0.842. The minimum Gasteiger partial charge on any atom is -0.402 e. The third-order valence-corrected chi connectivity index (χ3v) is 7.67. The van der Waals surface area contributed by atoms with Gasteiger partial charge in [-0.2, -0.15) is 0 Å². The highest BCUT2D eigenvalue weighted by Gasteiger charge is 2.48. The molecule has 3 aliphatic carbocycles. The van der Waals surface area contributed by atoms with Crippen molar-refractivity contribution in [3.8, 4) is 0 Å². The molecule has 0 aromatic carbocycles. The van der Waals surface area contributed by atoms with Crippen LogP contribution in [0.15, 0.2) is 12.3 Å². The van der Waals surface area contributed by atoms with Crippen molar-refractivity contribution < 1.29 is 0 Å². The maximum absolute atomic E-state index is 5.97. The van der Waals surface area contributed by atoms with Gasteiger partial charge in [-0.05, 0) is 85.9 Å². The van der Waals surface area contributed by atoms with Crippen molar-refractivity contribution in [2.45, 2.75) is 58.8 Å². The van der Waals surface area contributed by atoms with Gasteiger partial charge in [0.1, 0.15) is 0 Å². The van der Waals surface area contributed by atoms with E-state index in [-0.39, 0.29) is 0 Å². The van der Waals surface area contributed by atoms with Crippen LogP contribution in [0.25, 0.3) is 0 Å². The van der Waals surface area contributed by atoms with E-state index in [2.05, 4.69) is 25.3 Å². The van der Waals surface area contributed by atoms with E-state index in [1.165, 1.54) is 64.6 Å². The average Bonchev–Trinajstić information content (AvgIpc) is 2.93. The van der Waals surface area contributed by atoms with Gasteiger partial charge >= 0.3 is 0 Å². The first kappa shape index (κ1) is 16.0. The second-order valence-corrected chi connectivity index (χ2v) is 10.1. The van der Waals surface area contributed by atoms with E-state index >= 15 is 0 Å². The lowest BCUT2D eigenvalue weighted by Crippen LogP contribution is -2.46. The maximum Gasteiger partial charge on any atom is 0.00392 e. The van der Waals surface area contributed by atoms with Crippen molar-refractivity contribution in [1.82, 2.24) is 4.90 Å². The zero-order chi connectivity index (χ0) is 16.2. The molecule has 130 valence electrons. The standard InChI is InChI=1S/C21H36N2/c1-14-4-17-5-15(2)9-21(8-14,10-17)13-23-11-19-6-18(16(3)22)7-20(19)12-23/h14-15,17-20H,3-13,22H2,1-2H3/t14?,15?,17?,18?,19-,20+,21?. The molecule has 4 fully saturated rings. The smallest absolute Gasteiger partial charge is 0.00392 e. The van der Waals surface area contributed by atoms with Crippen LogP contribution in [0, 0.1) is 40.9 Å².